The number of aryl methyl sites for hydroxylation is 1. The van der Waals surface area contributed by atoms with E-state index in [9.17, 15) is 5.11 Å². The van der Waals surface area contributed by atoms with Crippen LogP contribution in [0.15, 0.2) is 18.2 Å². The highest BCUT2D eigenvalue weighted by Gasteiger charge is 2.27. The van der Waals surface area contributed by atoms with Crippen LogP contribution < -0.4 is 10.1 Å². The largest absolute Gasteiger partial charge is 0.485 e. The molecule has 1 aliphatic heterocycles. The molecule has 1 heterocycles. The normalized spacial score (nSPS) is 25.5. The van der Waals surface area contributed by atoms with Gasteiger partial charge in [-0.2, -0.15) is 0 Å². The molecule has 1 aromatic rings. The second-order valence-electron chi connectivity index (χ2n) is 3.82. The number of aliphatic hydroxyl groups excluding tert-OH is 1. The van der Waals surface area contributed by atoms with Gasteiger partial charge >= 0.3 is 0 Å². The summed E-state index contributed by atoms with van der Waals surface area (Å²) >= 11 is 6.00. The zero-order valence-electron chi connectivity index (χ0n) is 8.53. The van der Waals surface area contributed by atoms with Crippen LogP contribution in [0.1, 0.15) is 5.56 Å². The topological polar surface area (TPSA) is 41.5 Å². The number of hydrogen-bond donors (Lipinski definition) is 2. The second-order valence-corrected chi connectivity index (χ2v) is 4.22. The molecule has 1 saturated heterocycles. The minimum Gasteiger partial charge on any atom is -0.485 e. The van der Waals surface area contributed by atoms with Gasteiger partial charge in [-0.3, -0.25) is 0 Å². The van der Waals surface area contributed by atoms with Crippen molar-refractivity contribution in [3.63, 3.8) is 0 Å². The smallest absolute Gasteiger partial charge is 0.138 e. The van der Waals surface area contributed by atoms with E-state index in [1.807, 2.05) is 19.1 Å². The summed E-state index contributed by atoms with van der Waals surface area (Å²) in [5.41, 5.74) is 1.09. The van der Waals surface area contributed by atoms with E-state index < -0.39 is 6.10 Å². The Morgan fingerprint density at radius 2 is 2.27 bits per heavy atom. The third-order valence-electron chi connectivity index (χ3n) is 2.49. The summed E-state index contributed by atoms with van der Waals surface area (Å²) in [6.45, 7) is 3.21. The summed E-state index contributed by atoms with van der Waals surface area (Å²) in [6, 6.07) is 5.62. The molecular weight excluding hydrogens is 214 g/mol. The Hall–Kier alpha value is -0.770. The lowest BCUT2D eigenvalue weighted by Crippen LogP contribution is -2.29. The third kappa shape index (κ3) is 2.43. The van der Waals surface area contributed by atoms with E-state index in [4.69, 9.17) is 16.3 Å². The molecule has 0 amide bonds. The molecule has 1 aromatic carbocycles. The fraction of sp³-hybridized carbons (Fsp3) is 0.455. The van der Waals surface area contributed by atoms with Gasteiger partial charge in [-0.05, 0) is 24.6 Å². The summed E-state index contributed by atoms with van der Waals surface area (Å²) in [4.78, 5) is 0. The quantitative estimate of drug-likeness (QED) is 0.802. The average molecular weight is 228 g/mol. The Kier molecular flexibility index (Phi) is 3.14. The van der Waals surface area contributed by atoms with Gasteiger partial charge < -0.3 is 15.2 Å². The first-order chi connectivity index (χ1) is 7.16. The molecule has 1 aliphatic rings. The first kappa shape index (κ1) is 10.7. The van der Waals surface area contributed by atoms with Gasteiger partial charge in [0.05, 0.1) is 5.02 Å². The minimum atomic E-state index is -0.457. The van der Waals surface area contributed by atoms with Gasteiger partial charge in [-0.15, -0.1) is 0 Å². The average Bonchev–Trinajstić information content (AvgIpc) is 2.58. The van der Waals surface area contributed by atoms with Gasteiger partial charge in [0.2, 0.25) is 0 Å². The van der Waals surface area contributed by atoms with E-state index >= 15 is 0 Å². The van der Waals surface area contributed by atoms with E-state index in [1.165, 1.54) is 0 Å². The number of hydrogen-bond acceptors (Lipinski definition) is 3. The molecule has 2 N–H and O–H groups in total. The van der Waals surface area contributed by atoms with Gasteiger partial charge in [0.1, 0.15) is 18.0 Å². The van der Waals surface area contributed by atoms with Crippen LogP contribution in [0.2, 0.25) is 5.02 Å². The van der Waals surface area contributed by atoms with Crippen LogP contribution in [0, 0.1) is 6.92 Å². The van der Waals surface area contributed by atoms with Crippen LogP contribution in [-0.2, 0) is 0 Å². The molecule has 15 heavy (non-hydrogen) atoms. The first-order valence-corrected chi connectivity index (χ1v) is 5.36. The van der Waals surface area contributed by atoms with Crippen molar-refractivity contribution in [1.82, 2.24) is 5.32 Å². The molecular formula is C11H14ClNO2. The molecule has 0 saturated carbocycles. The van der Waals surface area contributed by atoms with Gasteiger partial charge in [0, 0.05) is 13.1 Å². The number of nitrogens with one attached hydrogen (secondary N) is 1. The maximum Gasteiger partial charge on any atom is 0.138 e. The van der Waals surface area contributed by atoms with Gasteiger partial charge in [-0.1, -0.05) is 17.7 Å². The molecule has 1 fully saturated rings. The highest BCUT2D eigenvalue weighted by atomic mass is 35.5. The maximum absolute atomic E-state index is 9.58. The number of halogens is 1. The molecule has 82 valence electrons. The van der Waals surface area contributed by atoms with Crippen molar-refractivity contribution < 1.29 is 9.84 Å². The van der Waals surface area contributed by atoms with E-state index in [0.717, 1.165) is 5.56 Å². The Morgan fingerprint density at radius 3 is 2.93 bits per heavy atom. The molecule has 0 aliphatic carbocycles. The van der Waals surface area contributed by atoms with E-state index in [1.54, 1.807) is 6.07 Å². The van der Waals surface area contributed by atoms with E-state index in [2.05, 4.69) is 5.32 Å². The standard InChI is InChI=1S/C11H14ClNO2/c1-7-2-3-8(12)10(4-7)15-11-6-13-5-9(11)14/h2-4,9,11,13-14H,5-6H2,1H3. The molecule has 2 atom stereocenters. The monoisotopic (exact) mass is 227 g/mol. The predicted octanol–water partition coefficient (Wildman–Crippen LogP) is 1.36. The number of ether oxygens (including phenoxy) is 1. The summed E-state index contributed by atoms with van der Waals surface area (Å²) in [7, 11) is 0. The predicted molar refractivity (Wildman–Crippen MR) is 59.5 cm³/mol. The molecule has 0 bridgehead atoms. The number of benzene rings is 1. The molecule has 4 heteroatoms. The van der Waals surface area contributed by atoms with Crippen LogP contribution >= 0.6 is 11.6 Å². The summed E-state index contributed by atoms with van der Waals surface area (Å²) in [5.74, 6) is 0.643. The van der Waals surface area contributed by atoms with Gasteiger partial charge in [0.25, 0.3) is 0 Å². The Labute approximate surface area is 94.0 Å². The third-order valence-corrected chi connectivity index (χ3v) is 2.81. The Balaban J connectivity index is 2.12. The first-order valence-electron chi connectivity index (χ1n) is 4.98. The highest BCUT2D eigenvalue weighted by molar-refractivity contribution is 6.32. The van der Waals surface area contributed by atoms with Crippen molar-refractivity contribution in [2.45, 2.75) is 19.1 Å². The Bertz CT molecular complexity index is 356. The highest BCUT2D eigenvalue weighted by Crippen LogP contribution is 2.27. The zero-order valence-corrected chi connectivity index (χ0v) is 9.29. The van der Waals surface area contributed by atoms with E-state index in [-0.39, 0.29) is 6.10 Å². The van der Waals surface area contributed by atoms with Crippen LogP contribution in [0.5, 0.6) is 5.75 Å². The summed E-state index contributed by atoms with van der Waals surface area (Å²) in [5, 5.41) is 13.2. The van der Waals surface area contributed by atoms with Crippen molar-refractivity contribution in [1.29, 1.82) is 0 Å². The van der Waals surface area contributed by atoms with Gasteiger partial charge in [-0.25, -0.2) is 0 Å². The number of aliphatic hydroxyl groups is 1. The zero-order chi connectivity index (χ0) is 10.8. The molecule has 2 unspecified atom stereocenters. The lowest BCUT2D eigenvalue weighted by Gasteiger charge is -2.17. The summed E-state index contributed by atoms with van der Waals surface area (Å²) in [6.07, 6.45) is -0.661. The van der Waals surface area contributed by atoms with Gasteiger partial charge in [0.15, 0.2) is 0 Å². The van der Waals surface area contributed by atoms with Crippen molar-refractivity contribution in [3.05, 3.63) is 28.8 Å². The summed E-state index contributed by atoms with van der Waals surface area (Å²) < 4.78 is 5.65. The fourth-order valence-electron chi connectivity index (χ4n) is 1.63. The molecule has 0 aromatic heterocycles. The fourth-order valence-corrected chi connectivity index (χ4v) is 1.79. The second kappa shape index (κ2) is 4.39. The molecule has 0 radical (unpaired) electrons. The lowest BCUT2D eigenvalue weighted by atomic mass is 10.2. The van der Waals surface area contributed by atoms with Crippen molar-refractivity contribution in [2.24, 2.45) is 0 Å². The molecule has 3 nitrogen and oxygen atoms in total. The maximum atomic E-state index is 9.58. The lowest BCUT2D eigenvalue weighted by molar-refractivity contribution is 0.0738. The van der Waals surface area contributed by atoms with E-state index in [0.29, 0.717) is 23.9 Å². The van der Waals surface area contributed by atoms with Crippen LogP contribution in [0.4, 0.5) is 0 Å². The van der Waals surface area contributed by atoms with Crippen molar-refractivity contribution >= 4 is 11.6 Å². The minimum absolute atomic E-state index is 0.204. The number of β-amino-alcohol motifs (C(OH)–C–C–N with tert-alkyl or cyclic N) is 1. The molecule has 2 rings (SSSR count). The molecule has 0 spiro atoms. The van der Waals surface area contributed by atoms with Crippen LogP contribution in [-0.4, -0.2) is 30.4 Å². The SMILES string of the molecule is Cc1ccc(Cl)c(OC2CNCC2O)c1. The van der Waals surface area contributed by atoms with Crippen LogP contribution in [0.3, 0.4) is 0 Å². The number of rotatable bonds is 2. The van der Waals surface area contributed by atoms with Crippen molar-refractivity contribution in [2.75, 3.05) is 13.1 Å². The van der Waals surface area contributed by atoms with Crippen LogP contribution in [0.25, 0.3) is 0 Å². The Morgan fingerprint density at radius 1 is 1.47 bits per heavy atom. The van der Waals surface area contributed by atoms with Crippen molar-refractivity contribution in [3.8, 4) is 5.75 Å².